The van der Waals surface area contributed by atoms with E-state index in [1.165, 1.54) is 22.5 Å². The second kappa shape index (κ2) is 8.89. The molecule has 0 unspecified atom stereocenters. The van der Waals surface area contributed by atoms with Crippen LogP contribution in [0.2, 0.25) is 10.0 Å². The third-order valence-electron chi connectivity index (χ3n) is 3.99. The summed E-state index contributed by atoms with van der Waals surface area (Å²) >= 11 is 13.9. The number of para-hydroxylation sites is 1. The van der Waals surface area contributed by atoms with Gasteiger partial charge in [0.05, 0.1) is 21.4 Å². The van der Waals surface area contributed by atoms with Crippen molar-refractivity contribution < 1.29 is 0 Å². The third-order valence-corrected chi connectivity index (χ3v) is 5.37. The average Bonchev–Trinajstić information content (AvgIpc) is 3.14. The highest BCUT2D eigenvalue weighted by molar-refractivity contribution is 8.93. The van der Waals surface area contributed by atoms with E-state index >= 15 is 0 Å². The quantitative estimate of drug-likeness (QED) is 0.321. The Kier molecular flexibility index (Phi) is 6.55. The molecule has 0 atom stereocenters. The normalized spacial score (nSPS) is 10.3. The maximum atomic E-state index is 6.21. The van der Waals surface area contributed by atoms with Gasteiger partial charge in [-0.3, -0.25) is 0 Å². The van der Waals surface area contributed by atoms with E-state index in [-0.39, 0.29) is 17.0 Å². The molecule has 2 nitrogen and oxygen atoms in total. The summed E-state index contributed by atoms with van der Waals surface area (Å²) in [4.78, 5) is 4.65. The predicted octanol–water partition coefficient (Wildman–Crippen LogP) is 8.11. The lowest BCUT2D eigenvalue weighted by Crippen LogP contribution is -1.91. The fourth-order valence-corrected chi connectivity index (χ4v) is 3.87. The van der Waals surface area contributed by atoms with Crippen molar-refractivity contribution in [3.8, 4) is 22.4 Å². The van der Waals surface area contributed by atoms with Gasteiger partial charge in [-0.1, -0.05) is 83.9 Å². The molecule has 27 heavy (non-hydrogen) atoms. The average molecular weight is 478 g/mol. The van der Waals surface area contributed by atoms with Crippen molar-refractivity contribution in [3.63, 3.8) is 0 Å². The molecular formula is C21H15BrCl2N2S. The molecule has 1 aromatic heterocycles. The minimum absolute atomic E-state index is 0. The molecule has 6 heteroatoms. The van der Waals surface area contributed by atoms with Gasteiger partial charge in [-0.05, 0) is 23.3 Å². The topological polar surface area (TPSA) is 24.9 Å². The smallest absolute Gasteiger partial charge is 0.187 e. The lowest BCUT2D eigenvalue weighted by atomic mass is 10.0. The standard InChI is InChI=1S/C21H14Cl2N2S.BrH/c22-17-7-4-8-18(23)20(17)25-21-24-19(13-26-21)16-11-9-15(10-12-16)14-5-2-1-3-6-14;/h1-13H,(H,24,25);1H. The second-order valence-electron chi connectivity index (χ2n) is 5.70. The zero-order valence-corrected chi connectivity index (χ0v) is 18.1. The van der Waals surface area contributed by atoms with Crippen molar-refractivity contribution in [2.45, 2.75) is 0 Å². The molecule has 0 saturated carbocycles. The number of anilines is 2. The van der Waals surface area contributed by atoms with Gasteiger partial charge in [-0.15, -0.1) is 28.3 Å². The van der Waals surface area contributed by atoms with Crippen LogP contribution in [-0.4, -0.2) is 4.98 Å². The summed E-state index contributed by atoms with van der Waals surface area (Å²) in [6, 6.07) is 24.1. The van der Waals surface area contributed by atoms with Gasteiger partial charge in [-0.2, -0.15) is 0 Å². The van der Waals surface area contributed by atoms with Crippen molar-refractivity contribution in [1.29, 1.82) is 0 Å². The van der Waals surface area contributed by atoms with E-state index in [0.717, 1.165) is 16.4 Å². The number of nitrogens with one attached hydrogen (secondary N) is 1. The fraction of sp³-hybridized carbons (Fsp3) is 0. The zero-order valence-electron chi connectivity index (χ0n) is 14.0. The molecule has 1 N–H and O–H groups in total. The first kappa shape index (κ1) is 19.9. The molecule has 0 aliphatic carbocycles. The Hall–Kier alpha value is -1.85. The number of hydrogen-bond donors (Lipinski definition) is 1. The van der Waals surface area contributed by atoms with E-state index in [9.17, 15) is 0 Å². The van der Waals surface area contributed by atoms with Crippen LogP contribution >= 0.6 is 51.5 Å². The summed E-state index contributed by atoms with van der Waals surface area (Å²) in [5.41, 5.74) is 5.05. The van der Waals surface area contributed by atoms with Crippen molar-refractivity contribution >= 4 is 62.3 Å². The molecule has 4 rings (SSSR count). The Morgan fingerprint density at radius 1 is 0.704 bits per heavy atom. The van der Waals surface area contributed by atoms with Gasteiger partial charge in [0.2, 0.25) is 0 Å². The molecule has 0 aliphatic rings. The fourth-order valence-electron chi connectivity index (χ4n) is 2.65. The molecule has 4 aromatic rings. The monoisotopic (exact) mass is 476 g/mol. The van der Waals surface area contributed by atoms with E-state index in [4.69, 9.17) is 23.2 Å². The van der Waals surface area contributed by atoms with Gasteiger partial charge in [0.25, 0.3) is 0 Å². The van der Waals surface area contributed by atoms with E-state index < -0.39 is 0 Å². The van der Waals surface area contributed by atoms with Gasteiger partial charge in [0.1, 0.15) is 0 Å². The summed E-state index contributed by atoms with van der Waals surface area (Å²) in [5, 5.41) is 7.12. The molecule has 136 valence electrons. The minimum Gasteiger partial charge on any atom is -0.329 e. The minimum atomic E-state index is 0. The number of halogens is 3. The second-order valence-corrected chi connectivity index (χ2v) is 7.38. The zero-order chi connectivity index (χ0) is 17.9. The van der Waals surface area contributed by atoms with Gasteiger partial charge < -0.3 is 5.32 Å². The molecule has 0 aliphatic heterocycles. The Labute approximate surface area is 182 Å². The Morgan fingerprint density at radius 3 is 1.96 bits per heavy atom. The number of hydrogen-bond acceptors (Lipinski definition) is 3. The van der Waals surface area contributed by atoms with Crippen LogP contribution in [0.4, 0.5) is 10.8 Å². The van der Waals surface area contributed by atoms with Crippen LogP contribution in [-0.2, 0) is 0 Å². The number of nitrogens with zero attached hydrogens (tertiary/aromatic N) is 1. The molecule has 0 bridgehead atoms. The SMILES string of the molecule is Br.Clc1cccc(Cl)c1Nc1nc(-c2ccc(-c3ccccc3)cc2)cs1. The highest BCUT2D eigenvalue weighted by Gasteiger charge is 2.09. The maximum absolute atomic E-state index is 6.21. The van der Waals surface area contributed by atoms with Crippen molar-refractivity contribution in [2.24, 2.45) is 0 Å². The number of aromatic nitrogens is 1. The van der Waals surface area contributed by atoms with E-state index in [1.54, 1.807) is 12.1 Å². The molecule has 0 radical (unpaired) electrons. The van der Waals surface area contributed by atoms with Crippen LogP contribution in [0.15, 0.2) is 78.2 Å². The highest BCUT2D eigenvalue weighted by atomic mass is 79.9. The van der Waals surface area contributed by atoms with Crippen LogP contribution in [0.25, 0.3) is 22.4 Å². The maximum Gasteiger partial charge on any atom is 0.187 e. The lowest BCUT2D eigenvalue weighted by molar-refractivity contribution is 1.38. The van der Waals surface area contributed by atoms with Crippen molar-refractivity contribution in [2.75, 3.05) is 5.32 Å². The van der Waals surface area contributed by atoms with Crippen LogP contribution < -0.4 is 5.32 Å². The first-order valence-corrected chi connectivity index (χ1v) is 9.67. The Morgan fingerprint density at radius 2 is 1.30 bits per heavy atom. The van der Waals surface area contributed by atoms with Crippen molar-refractivity contribution in [3.05, 3.63) is 88.2 Å². The summed E-state index contributed by atoms with van der Waals surface area (Å²) in [5.74, 6) is 0. The van der Waals surface area contributed by atoms with Crippen LogP contribution in [0.5, 0.6) is 0 Å². The molecule has 0 saturated heterocycles. The molecule has 0 spiro atoms. The lowest BCUT2D eigenvalue weighted by Gasteiger charge is -2.07. The number of benzene rings is 3. The molecule has 0 amide bonds. The largest absolute Gasteiger partial charge is 0.329 e. The van der Waals surface area contributed by atoms with Crippen LogP contribution in [0.3, 0.4) is 0 Å². The predicted molar refractivity (Wildman–Crippen MR) is 123 cm³/mol. The van der Waals surface area contributed by atoms with E-state index in [1.807, 2.05) is 29.6 Å². The molecule has 3 aromatic carbocycles. The first-order valence-electron chi connectivity index (χ1n) is 8.03. The number of thiazole rings is 1. The first-order chi connectivity index (χ1) is 12.7. The summed E-state index contributed by atoms with van der Waals surface area (Å²) in [7, 11) is 0. The molecule has 1 heterocycles. The highest BCUT2D eigenvalue weighted by Crippen LogP contribution is 2.35. The van der Waals surface area contributed by atoms with Gasteiger partial charge in [0.15, 0.2) is 5.13 Å². The third kappa shape index (κ3) is 4.53. The van der Waals surface area contributed by atoms with Gasteiger partial charge in [0, 0.05) is 10.9 Å². The Bertz CT molecular complexity index is 1010. The van der Waals surface area contributed by atoms with E-state index in [0.29, 0.717) is 15.7 Å². The summed E-state index contributed by atoms with van der Waals surface area (Å²) < 4.78 is 0. The Balaban J connectivity index is 0.00000210. The summed E-state index contributed by atoms with van der Waals surface area (Å²) in [6.45, 7) is 0. The van der Waals surface area contributed by atoms with Crippen molar-refractivity contribution in [1.82, 2.24) is 4.98 Å². The van der Waals surface area contributed by atoms with E-state index in [2.05, 4.69) is 46.7 Å². The van der Waals surface area contributed by atoms with Crippen LogP contribution in [0.1, 0.15) is 0 Å². The number of rotatable bonds is 4. The molecule has 0 fully saturated rings. The van der Waals surface area contributed by atoms with Gasteiger partial charge >= 0.3 is 0 Å². The summed E-state index contributed by atoms with van der Waals surface area (Å²) in [6.07, 6.45) is 0. The van der Waals surface area contributed by atoms with Crippen LogP contribution in [0, 0.1) is 0 Å². The van der Waals surface area contributed by atoms with Gasteiger partial charge in [-0.25, -0.2) is 4.98 Å². The molecular weight excluding hydrogens is 463 g/mol.